The molecule has 2 rings (SSSR count). The van der Waals surface area contributed by atoms with Crippen molar-refractivity contribution < 1.29 is 29.0 Å². The van der Waals surface area contributed by atoms with Crippen LogP contribution in [0.25, 0.3) is 0 Å². The first-order chi connectivity index (χ1) is 13.0. The lowest BCUT2D eigenvalue weighted by molar-refractivity contribution is -0.138. The monoisotopic (exact) mass is 379 g/mol. The summed E-state index contributed by atoms with van der Waals surface area (Å²) in [4.78, 5) is 35.3. The normalized spacial score (nSPS) is 19.1. The van der Waals surface area contributed by atoms with E-state index in [0.29, 0.717) is 13.1 Å². The predicted molar refractivity (Wildman–Crippen MR) is 95.6 cm³/mol. The zero-order chi connectivity index (χ0) is 19.6. The van der Waals surface area contributed by atoms with Gasteiger partial charge in [0, 0.05) is 6.54 Å². The average molecular weight is 379 g/mol. The quantitative estimate of drug-likeness (QED) is 0.280. The Morgan fingerprint density at radius 1 is 1.19 bits per heavy atom. The van der Waals surface area contributed by atoms with Crippen LogP contribution in [0.5, 0.6) is 0 Å². The van der Waals surface area contributed by atoms with E-state index < -0.39 is 36.0 Å². The third kappa shape index (κ3) is 6.97. The molecule has 0 saturated carbocycles. The van der Waals surface area contributed by atoms with E-state index in [1.807, 2.05) is 30.3 Å². The molecule has 1 saturated heterocycles. The van der Waals surface area contributed by atoms with Crippen molar-refractivity contribution >= 4 is 17.8 Å². The molecule has 2 amide bonds. The summed E-state index contributed by atoms with van der Waals surface area (Å²) in [5, 5.41) is 14.1. The molecule has 1 fully saturated rings. The van der Waals surface area contributed by atoms with Gasteiger partial charge in [-0.05, 0) is 24.9 Å². The maximum atomic E-state index is 12.3. The third-order valence-electron chi connectivity index (χ3n) is 3.95. The minimum Gasteiger partial charge on any atom is -0.479 e. The molecule has 0 radical (unpaired) electrons. The van der Waals surface area contributed by atoms with Gasteiger partial charge in [-0.15, -0.1) is 0 Å². The highest BCUT2D eigenvalue weighted by Crippen LogP contribution is 2.22. The van der Waals surface area contributed by atoms with Crippen molar-refractivity contribution in [2.24, 2.45) is 5.73 Å². The highest BCUT2D eigenvalue weighted by molar-refractivity contribution is 5.95. The molecule has 1 aliphatic heterocycles. The van der Waals surface area contributed by atoms with Crippen LogP contribution in [0.2, 0.25) is 0 Å². The number of hydrogen-bond donors (Lipinski definition) is 4. The highest BCUT2D eigenvalue weighted by atomic mass is 16.6. The van der Waals surface area contributed by atoms with Gasteiger partial charge in [-0.25, -0.2) is 4.79 Å². The van der Waals surface area contributed by atoms with E-state index in [4.69, 9.17) is 20.3 Å². The number of nitrogens with two attached hydrogens (primary N) is 1. The van der Waals surface area contributed by atoms with Crippen LogP contribution in [0.3, 0.4) is 0 Å². The zero-order valence-corrected chi connectivity index (χ0v) is 14.9. The van der Waals surface area contributed by atoms with Gasteiger partial charge in [0.1, 0.15) is 6.04 Å². The van der Waals surface area contributed by atoms with E-state index in [-0.39, 0.29) is 13.2 Å². The number of carbonyl (C=O) groups excluding carboxylic acids is 2. The minimum atomic E-state index is -1.21. The Kier molecular flexibility index (Phi) is 8.18. The Balaban J connectivity index is 1.86. The predicted octanol–water partition coefficient (Wildman–Crippen LogP) is -0.605. The summed E-state index contributed by atoms with van der Waals surface area (Å²) >= 11 is 0. The van der Waals surface area contributed by atoms with Crippen LogP contribution >= 0.6 is 0 Å². The second-order valence-corrected chi connectivity index (χ2v) is 6.16. The van der Waals surface area contributed by atoms with Gasteiger partial charge in [0.05, 0.1) is 13.2 Å². The average Bonchev–Trinajstić information content (AvgIpc) is 3.46. The molecule has 0 spiro atoms. The molecule has 1 aliphatic rings. The second-order valence-electron chi connectivity index (χ2n) is 6.16. The number of unbranched alkanes of at least 4 members (excludes halogenated alkanes) is 1. The topological polar surface area (TPSA) is 143 Å². The maximum Gasteiger partial charge on any atom is 0.336 e. The standard InChI is InChI=1S/C18H25N3O6/c19-8-4-5-9-20-16(22)13(11-26-10-12-6-2-1-3-7-12)21-17(23)14-15(27-14)18(24)25/h1-3,6-7,13-15H,4-5,8-11,19H2,(H,20,22)(H,21,23)(H,24,25)/t13-,14-,15-/m0/s1. The van der Waals surface area contributed by atoms with E-state index in [2.05, 4.69) is 10.6 Å². The lowest BCUT2D eigenvalue weighted by Crippen LogP contribution is -2.51. The molecule has 0 aliphatic carbocycles. The molecule has 0 unspecified atom stereocenters. The van der Waals surface area contributed by atoms with E-state index in [1.165, 1.54) is 0 Å². The molecule has 3 atom stereocenters. The lowest BCUT2D eigenvalue weighted by Gasteiger charge is -2.18. The molecule has 5 N–H and O–H groups in total. The number of hydrogen-bond acceptors (Lipinski definition) is 6. The van der Waals surface area contributed by atoms with Gasteiger partial charge in [0.15, 0.2) is 12.2 Å². The maximum absolute atomic E-state index is 12.3. The minimum absolute atomic E-state index is 0.0478. The molecule has 148 valence electrons. The SMILES string of the molecule is NCCCCNC(=O)[C@H](COCc1ccccc1)NC(=O)[C@H]1O[C@@H]1C(=O)O. The Bertz CT molecular complexity index is 639. The summed E-state index contributed by atoms with van der Waals surface area (Å²) in [6.45, 7) is 1.20. The van der Waals surface area contributed by atoms with Gasteiger partial charge in [-0.3, -0.25) is 9.59 Å². The third-order valence-corrected chi connectivity index (χ3v) is 3.95. The number of carboxylic acids is 1. The smallest absolute Gasteiger partial charge is 0.336 e. The number of ether oxygens (including phenoxy) is 2. The molecule has 1 aromatic rings. The first-order valence-electron chi connectivity index (χ1n) is 8.81. The Morgan fingerprint density at radius 3 is 2.56 bits per heavy atom. The van der Waals surface area contributed by atoms with Gasteiger partial charge in [-0.1, -0.05) is 30.3 Å². The van der Waals surface area contributed by atoms with Crippen LogP contribution in [0.1, 0.15) is 18.4 Å². The van der Waals surface area contributed by atoms with Gasteiger partial charge >= 0.3 is 5.97 Å². The lowest BCUT2D eigenvalue weighted by atomic mass is 10.2. The molecule has 0 bridgehead atoms. The van der Waals surface area contributed by atoms with E-state index >= 15 is 0 Å². The van der Waals surface area contributed by atoms with Gasteiger partial charge in [0.2, 0.25) is 5.91 Å². The van der Waals surface area contributed by atoms with Crippen LogP contribution in [-0.2, 0) is 30.5 Å². The fraction of sp³-hybridized carbons (Fsp3) is 0.500. The van der Waals surface area contributed by atoms with Gasteiger partial charge < -0.3 is 30.9 Å². The van der Waals surface area contributed by atoms with E-state index in [0.717, 1.165) is 18.4 Å². The molecule has 1 aromatic carbocycles. The Morgan fingerprint density at radius 2 is 1.93 bits per heavy atom. The van der Waals surface area contributed by atoms with Crippen LogP contribution in [0, 0.1) is 0 Å². The van der Waals surface area contributed by atoms with E-state index in [9.17, 15) is 14.4 Å². The molecule has 1 heterocycles. The highest BCUT2D eigenvalue weighted by Gasteiger charge is 2.51. The Labute approximate surface area is 157 Å². The number of rotatable bonds is 12. The van der Waals surface area contributed by atoms with Gasteiger partial charge in [0.25, 0.3) is 5.91 Å². The first kappa shape index (κ1) is 20.8. The number of aliphatic carboxylic acids is 1. The van der Waals surface area contributed by atoms with Gasteiger partial charge in [-0.2, -0.15) is 0 Å². The molecular formula is C18H25N3O6. The number of benzene rings is 1. The van der Waals surface area contributed by atoms with Crippen LogP contribution in [0.15, 0.2) is 30.3 Å². The van der Waals surface area contributed by atoms with Crippen LogP contribution < -0.4 is 16.4 Å². The summed E-state index contributed by atoms with van der Waals surface area (Å²) in [5.41, 5.74) is 6.35. The van der Waals surface area contributed by atoms with Crippen molar-refractivity contribution in [2.75, 3.05) is 19.7 Å². The van der Waals surface area contributed by atoms with Crippen molar-refractivity contribution in [3.05, 3.63) is 35.9 Å². The van der Waals surface area contributed by atoms with Crippen molar-refractivity contribution in [3.63, 3.8) is 0 Å². The number of nitrogens with one attached hydrogen (secondary N) is 2. The summed E-state index contributed by atoms with van der Waals surface area (Å²) < 4.78 is 10.4. The summed E-state index contributed by atoms with van der Waals surface area (Å²) in [7, 11) is 0. The molecular weight excluding hydrogens is 354 g/mol. The summed E-state index contributed by atoms with van der Waals surface area (Å²) in [6, 6.07) is 8.46. The van der Waals surface area contributed by atoms with Crippen LogP contribution in [0.4, 0.5) is 0 Å². The fourth-order valence-corrected chi connectivity index (χ4v) is 2.41. The molecule has 9 heteroatoms. The van der Waals surface area contributed by atoms with Crippen molar-refractivity contribution in [1.29, 1.82) is 0 Å². The number of amides is 2. The second kappa shape index (κ2) is 10.6. The van der Waals surface area contributed by atoms with E-state index in [1.54, 1.807) is 0 Å². The summed E-state index contributed by atoms with van der Waals surface area (Å²) in [5.74, 6) is -2.26. The number of carbonyl (C=O) groups is 3. The number of carboxylic acid groups (broad SMARTS) is 1. The number of epoxide rings is 1. The summed E-state index contributed by atoms with van der Waals surface area (Å²) in [6.07, 6.45) is -0.744. The molecule has 9 nitrogen and oxygen atoms in total. The van der Waals surface area contributed by atoms with Crippen molar-refractivity contribution in [1.82, 2.24) is 10.6 Å². The van der Waals surface area contributed by atoms with Crippen molar-refractivity contribution in [2.45, 2.75) is 37.7 Å². The first-order valence-corrected chi connectivity index (χ1v) is 8.81. The zero-order valence-electron chi connectivity index (χ0n) is 14.9. The molecule has 27 heavy (non-hydrogen) atoms. The molecule has 0 aromatic heterocycles. The Hall–Kier alpha value is -2.49. The van der Waals surface area contributed by atoms with Crippen molar-refractivity contribution in [3.8, 4) is 0 Å². The largest absolute Gasteiger partial charge is 0.479 e. The fourth-order valence-electron chi connectivity index (χ4n) is 2.41. The van der Waals surface area contributed by atoms with Crippen LogP contribution in [-0.4, -0.2) is 60.8 Å².